The van der Waals surface area contributed by atoms with Crippen LogP contribution in [0.4, 0.5) is 0 Å². The third kappa shape index (κ3) is 2.03. The Morgan fingerprint density at radius 1 is 0.818 bits per heavy atom. The van der Waals surface area contributed by atoms with Gasteiger partial charge in [0, 0.05) is 6.07 Å². The molecule has 0 amide bonds. The summed E-state index contributed by atoms with van der Waals surface area (Å²) in [4.78, 5) is 24.4. The first-order valence-corrected chi connectivity index (χ1v) is 6.01. The van der Waals surface area contributed by atoms with Gasteiger partial charge in [0.25, 0.3) is 0 Å². The third-order valence-electron chi connectivity index (χ3n) is 3.11. The van der Waals surface area contributed by atoms with Gasteiger partial charge in [0.2, 0.25) is 10.9 Å². The van der Waals surface area contributed by atoms with Crippen LogP contribution in [-0.2, 0) is 0 Å². The number of hydrogen-bond donors (Lipinski definition) is 2. The quantitative estimate of drug-likeness (QED) is 0.320. The van der Waals surface area contributed by atoms with Crippen molar-refractivity contribution >= 4 is 34.4 Å². The van der Waals surface area contributed by atoms with Gasteiger partial charge in [0.15, 0.2) is 0 Å². The first-order chi connectivity index (χ1) is 10.7. The topological polar surface area (TPSA) is 126 Å². The average Bonchev–Trinajstić information content (AvgIpc) is 2.52. The van der Waals surface area contributed by atoms with Crippen LogP contribution in [0.5, 0.6) is 0 Å². The van der Waals surface area contributed by atoms with Crippen molar-refractivity contribution in [2.45, 2.75) is 0 Å². The van der Waals surface area contributed by atoms with Crippen LogP contribution in [0.1, 0.15) is 11.1 Å². The van der Waals surface area contributed by atoms with Gasteiger partial charge in [-0.2, -0.15) is 0 Å². The normalized spacial score (nSPS) is 12.0. The van der Waals surface area contributed by atoms with Crippen LogP contribution in [0.25, 0.3) is 21.9 Å². The van der Waals surface area contributed by atoms with Crippen LogP contribution in [0.3, 0.4) is 0 Å². The molecule has 0 unspecified atom stereocenters. The Hall–Kier alpha value is -3.42. The van der Waals surface area contributed by atoms with Gasteiger partial charge in [-0.15, -0.1) is 0 Å². The van der Waals surface area contributed by atoms with Gasteiger partial charge in [-0.05, 0) is 6.07 Å². The predicted octanol–water partition coefficient (Wildman–Crippen LogP) is 1.52. The molecule has 22 heavy (non-hydrogen) atoms. The van der Waals surface area contributed by atoms with Crippen molar-refractivity contribution in [2.24, 2.45) is 10.3 Å². The molecule has 8 nitrogen and oxygen atoms in total. The largest absolute Gasteiger partial charge is 0.463 e. The fourth-order valence-electron chi connectivity index (χ4n) is 2.09. The highest BCUT2D eigenvalue weighted by Crippen LogP contribution is 2.19. The minimum atomic E-state index is -0.457. The highest BCUT2D eigenvalue weighted by atomic mass is 16.4. The molecule has 0 aliphatic rings. The summed E-state index contributed by atoms with van der Waals surface area (Å²) in [5.74, 6) is 0. The number of nitrogens with zero attached hydrogens (tertiary/aromatic N) is 2. The number of hydrogen-bond acceptors (Lipinski definition) is 8. The summed E-state index contributed by atoms with van der Waals surface area (Å²) in [7, 11) is 0. The van der Waals surface area contributed by atoms with Crippen molar-refractivity contribution < 1.29 is 19.2 Å². The Kier molecular flexibility index (Phi) is 3.18. The Labute approximate surface area is 121 Å². The summed E-state index contributed by atoms with van der Waals surface area (Å²) in [5.41, 5.74) is -0.402. The minimum absolute atomic E-state index is 0.0341. The lowest BCUT2D eigenvalue weighted by atomic mass is 10.1. The van der Waals surface area contributed by atoms with E-state index in [0.717, 1.165) is 25.0 Å². The second-order valence-corrected chi connectivity index (χ2v) is 4.37. The van der Waals surface area contributed by atoms with Crippen molar-refractivity contribution in [2.75, 3.05) is 0 Å². The fraction of sp³-hybridized carbons (Fsp3) is 0. The van der Waals surface area contributed by atoms with Gasteiger partial charge in [-0.1, -0.05) is 10.3 Å². The molecule has 1 aromatic carbocycles. The molecule has 0 saturated heterocycles. The van der Waals surface area contributed by atoms with Crippen molar-refractivity contribution in [3.05, 3.63) is 56.2 Å². The van der Waals surface area contributed by atoms with E-state index in [-0.39, 0.29) is 33.1 Å². The summed E-state index contributed by atoms with van der Waals surface area (Å²) < 4.78 is 10.5. The van der Waals surface area contributed by atoms with Gasteiger partial charge in [0.05, 0.1) is 34.3 Å². The molecule has 0 aliphatic heterocycles. The van der Waals surface area contributed by atoms with E-state index in [4.69, 9.17) is 19.2 Å². The molecule has 3 rings (SSSR count). The molecular formula is C14H8N2O6. The molecule has 0 saturated carbocycles. The molecule has 2 aromatic heterocycles. The van der Waals surface area contributed by atoms with Gasteiger partial charge in [-0.3, -0.25) is 9.59 Å². The zero-order valence-corrected chi connectivity index (χ0v) is 10.9. The highest BCUT2D eigenvalue weighted by Gasteiger charge is 2.12. The standard InChI is InChI=1S/C14H8N2O6/c17-13-7(3-15-19)5-21-11-2-12-10(1-9(11)13)14(18)8(4-16-20)6-22-12/h1-6,19-20H/b15-3+,16-4+. The van der Waals surface area contributed by atoms with E-state index >= 15 is 0 Å². The maximum atomic E-state index is 12.2. The summed E-state index contributed by atoms with van der Waals surface area (Å²) in [6.07, 6.45) is 4.15. The van der Waals surface area contributed by atoms with Crippen LogP contribution in [0.2, 0.25) is 0 Å². The Morgan fingerprint density at radius 3 is 1.68 bits per heavy atom. The lowest BCUT2D eigenvalue weighted by Gasteiger charge is -2.01. The molecule has 0 bridgehead atoms. The lowest BCUT2D eigenvalue weighted by molar-refractivity contribution is 0.321. The third-order valence-corrected chi connectivity index (χ3v) is 3.11. The van der Waals surface area contributed by atoms with Crippen LogP contribution in [0.15, 0.2) is 53.4 Å². The van der Waals surface area contributed by atoms with Crippen LogP contribution in [0, 0.1) is 0 Å². The van der Waals surface area contributed by atoms with Crippen molar-refractivity contribution in [1.29, 1.82) is 0 Å². The SMILES string of the molecule is O=c1c(/C=N/O)coc2cc3occ(/C=N/O)c(=O)c3cc12. The van der Waals surface area contributed by atoms with Gasteiger partial charge >= 0.3 is 0 Å². The molecule has 2 N–H and O–H groups in total. The van der Waals surface area contributed by atoms with E-state index in [2.05, 4.69) is 10.3 Å². The van der Waals surface area contributed by atoms with E-state index in [1.165, 1.54) is 12.1 Å². The molecule has 0 radical (unpaired) electrons. The number of benzene rings is 1. The molecule has 2 heterocycles. The molecule has 110 valence electrons. The van der Waals surface area contributed by atoms with E-state index in [0.29, 0.717) is 0 Å². The Morgan fingerprint density at radius 2 is 1.27 bits per heavy atom. The monoisotopic (exact) mass is 300 g/mol. The first-order valence-electron chi connectivity index (χ1n) is 6.01. The van der Waals surface area contributed by atoms with Crippen molar-refractivity contribution in [3.63, 3.8) is 0 Å². The number of fused-ring (bicyclic) bond motifs is 2. The summed E-state index contributed by atoms with van der Waals surface area (Å²) in [5, 5.41) is 22.9. The summed E-state index contributed by atoms with van der Waals surface area (Å²) >= 11 is 0. The van der Waals surface area contributed by atoms with E-state index in [1.54, 1.807) is 0 Å². The van der Waals surface area contributed by atoms with Crippen LogP contribution < -0.4 is 10.9 Å². The average molecular weight is 300 g/mol. The second-order valence-electron chi connectivity index (χ2n) is 4.37. The predicted molar refractivity (Wildman–Crippen MR) is 77.3 cm³/mol. The minimum Gasteiger partial charge on any atom is -0.463 e. The molecular weight excluding hydrogens is 292 g/mol. The van der Waals surface area contributed by atoms with Crippen LogP contribution >= 0.6 is 0 Å². The Balaban J connectivity index is 2.43. The first kappa shape index (κ1) is 13.6. The number of rotatable bonds is 2. The molecule has 8 heteroatoms. The zero-order valence-electron chi connectivity index (χ0n) is 10.9. The van der Waals surface area contributed by atoms with Crippen molar-refractivity contribution in [3.8, 4) is 0 Å². The molecule has 0 spiro atoms. The molecule has 0 atom stereocenters. The molecule has 0 fully saturated rings. The number of oxime groups is 2. The lowest BCUT2D eigenvalue weighted by Crippen LogP contribution is -2.11. The highest BCUT2D eigenvalue weighted by molar-refractivity contribution is 5.96. The van der Waals surface area contributed by atoms with Gasteiger partial charge in [-0.25, -0.2) is 0 Å². The molecule has 3 aromatic rings. The van der Waals surface area contributed by atoms with Crippen LogP contribution in [-0.4, -0.2) is 22.8 Å². The van der Waals surface area contributed by atoms with Gasteiger partial charge < -0.3 is 19.2 Å². The summed E-state index contributed by atoms with van der Waals surface area (Å²) in [6, 6.07) is 2.74. The molecule has 0 aliphatic carbocycles. The maximum Gasteiger partial charge on any atom is 0.201 e. The Bertz CT molecular complexity index is 964. The van der Waals surface area contributed by atoms with Gasteiger partial charge in [0.1, 0.15) is 23.7 Å². The fourth-order valence-corrected chi connectivity index (χ4v) is 2.09. The van der Waals surface area contributed by atoms with Crippen molar-refractivity contribution in [1.82, 2.24) is 0 Å². The summed E-state index contributed by atoms with van der Waals surface area (Å²) in [6.45, 7) is 0. The van der Waals surface area contributed by atoms with E-state index in [1.807, 2.05) is 0 Å². The van der Waals surface area contributed by atoms with E-state index in [9.17, 15) is 9.59 Å². The smallest absolute Gasteiger partial charge is 0.201 e. The zero-order chi connectivity index (χ0) is 15.7. The van der Waals surface area contributed by atoms with E-state index < -0.39 is 10.9 Å². The second kappa shape index (κ2) is 5.17. The maximum absolute atomic E-state index is 12.2.